The second-order valence-electron chi connectivity index (χ2n) is 4.31. The molecule has 0 spiro atoms. The number of benzene rings is 1. The molecule has 1 aromatic carbocycles. The molecule has 1 heterocycles. The number of nitrogens with two attached hydrogens (primary N) is 1. The highest BCUT2D eigenvalue weighted by atomic mass is 79.9. The number of thioether (sulfide) groups is 1. The summed E-state index contributed by atoms with van der Waals surface area (Å²) in [6.07, 6.45) is 2.61. The van der Waals surface area contributed by atoms with Gasteiger partial charge in [-0.3, -0.25) is 0 Å². The molecule has 0 aliphatic carbocycles. The van der Waals surface area contributed by atoms with E-state index in [9.17, 15) is 0 Å². The molecule has 0 radical (unpaired) electrons. The summed E-state index contributed by atoms with van der Waals surface area (Å²) in [5.41, 5.74) is 7.07. The Morgan fingerprint density at radius 1 is 1.39 bits per heavy atom. The molecular formula is C14H16BrNOS. The van der Waals surface area contributed by atoms with Crippen LogP contribution in [0.25, 0.3) is 0 Å². The number of halogens is 1. The van der Waals surface area contributed by atoms with Gasteiger partial charge in [0.15, 0.2) is 0 Å². The standard InChI is InChI=1S/C14H16BrNOS/c1-10(16)7-11-4-5-14(13(15)8-11)18-9-12-3-2-6-17-12/h2-6,8,10H,7,9,16H2,1H3. The molecule has 0 saturated heterocycles. The van der Waals surface area contributed by atoms with E-state index in [1.807, 2.05) is 19.1 Å². The number of rotatable bonds is 5. The van der Waals surface area contributed by atoms with E-state index in [1.54, 1.807) is 18.0 Å². The molecule has 0 aliphatic heterocycles. The zero-order valence-electron chi connectivity index (χ0n) is 10.2. The monoisotopic (exact) mass is 325 g/mol. The van der Waals surface area contributed by atoms with Crippen LogP contribution in [0.15, 0.2) is 50.4 Å². The first-order chi connectivity index (χ1) is 8.65. The number of hydrogen-bond donors (Lipinski definition) is 1. The number of furan rings is 1. The second-order valence-corrected chi connectivity index (χ2v) is 6.19. The van der Waals surface area contributed by atoms with Crippen molar-refractivity contribution in [1.29, 1.82) is 0 Å². The van der Waals surface area contributed by atoms with Crippen LogP contribution >= 0.6 is 27.7 Å². The lowest BCUT2D eigenvalue weighted by Crippen LogP contribution is -2.17. The zero-order chi connectivity index (χ0) is 13.0. The Morgan fingerprint density at radius 3 is 2.83 bits per heavy atom. The maximum Gasteiger partial charge on any atom is 0.113 e. The van der Waals surface area contributed by atoms with E-state index in [4.69, 9.17) is 10.2 Å². The van der Waals surface area contributed by atoms with Crippen LogP contribution in [0.3, 0.4) is 0 Å². The summed E-state index contributed by atoms with van der Waals surface area (Å²) in [5.74, 6) is 1.84. The Bertz CT molecular complexity index is 497. The highest BCUT2D eigenvalue weighted by Crippen LogP contribution is 2.31. The Balaban J connectivity index is 2.01. The summed E-state index contributed by atoms with van der Waals surface area (Å²) in [6, 6.07) is 10.5. The molecule has 2 N–H and O–H groups in total. The Labute approximate surface area is 120 Å². The van der Waals surface area contributed by atoms with Gasteiger partial charge < -0.3 is 10.2 Å². The van der Waals surface area contributed by atoms with Gasteiger partial charge >= 0.3 is 0 Å². The van der Waals surface area contributed by atoms with Gasteiger partial charge in [-0.05, 0) is 59.1 Å². The van der Waals surface area contributed by atoms with E-state index >= 15 is 0 Å². The summed E-state index contributed by atoms with van der Waals surface area (Å²) in [7, 11) is 0. The van der Waals surface area contributed by atoms with Crippen LogP contribution in [0.5, 0.6) is 0 Å². The molecule has 1 unspecified atom stereocenters. The molecule has 0 aliphatic rings. The fourth-order valence-electron chi connectivity index (χ4n) is 1.70. The lowest BCUT2D eigenvalue weighted by molar-refractivity contribution is 0.530. The summed E-state index contributed by atoms with van der Waals surface area (Å²) in [5, 5.41) is 0. The predicted octanol–water partition coefficient (Wildman–Crippen LogP) is 4.22. The molecule has 0 amide bonds. The summed E-state index contributed by atoms with van der Waals surface area (Å²) in [4.78, 5) is 1.22. The van der Waals surface area contributed by atoms with Crippen LogP contribution in [0.1, 0.15) is 18.2 Å². The fraction of sp³-hybridized carbons (Fsp3) is 0.286. The minimum atomic E-state index is 0.193. The summed E-state index contributed by atoms with van der Waals surface area (Å²) in [6.45, 7) is 2.02. The fourth-order valence-corrected chi connectivity index (χ4v) is 3.30. The first-order valence-corrected chi connectivity index (χ1v) is 7.62. The molecule has 0 fully saturated rings. The largest absolute Gasteiger partial charge is 0.468 e. The highest BCUT2D eigenvalue weighted by Gasteiger charge is 2.05. The molecule has 96 valence electrons. The van der Waals surface area contributed by atoms with E-state index < -0.39 is 0 Å². The predicted molar refractivity (Wildman–Crippen MR) is 79.8 cm³/mol. The quantitative estimate of drug-likeness (QED) is 0.836. The van der Waals surface area contributed by atoms with Gasteiger partial charge in [0, 0.05) is 15.4 Å². The van der Waals surface area contributed by atoms with E-state index in [-0.39, 0.29) is 6.04 Å². The molecule has 0 saturated carbocycles. The van der Waals surface area contributed by atoms with E-state index in [0.717, 1.165) is 22.4 Å². The molecule has 1 atom stereocenters. The first kappa shape index (κ1) is 13.7. The van der Waals surface area contributed by atoms with Crippen molar-refractivity contribution in [1.82, 2.24) is 0 Å². The van der Waals surface area contributed by atoms with Crippen LogP contribution < -0.4 is 5.73 Å². The average molecular weight is 326 g/mol. The van der Waals surface area contributed by atoms with E-state index in [1.165, 1.54) is 10.5 Å². The van der Waals surface area contributed by atoms with Crippen molar-refractivity contribution in [2.75, 3.05) is 0 Å². The van der Waals surface area contributed by atoms with Crippen molar-refractivity contribution in [2.45, 2.75) is 30.0 Å². The highest BCUT2D eigenvalue weighted by molar-refractivity contribution is 9.10. The third-order valence-corrected chi connectivity index (χ3v) is 4.52. The van der Waals surface area contributed by atoms with E-state index in [2.05, 4.69) is 34.1 Å². The minimum absolute atomic E-state index is 0.193. The van der Waals surface area contributed by atoms with Crippen molar-refractivity contribution < 1.29 is 4.42 Å². The Morgan fingerprint density at radius 2 is 2.22 bits per heavy atom. The van der Waals surface area contributed by atoms with Crippen molar-refractivity contribution in [3.63, 3.8) is 0 Å². The van der Waals surface area contributed by atoms with Crippen LogP contribution in [0.4, 0.5) is 0 Å². The maximum atomic E-state index is 5.80. The lowest BCUT2D eigenvalue weighted by Gasteiger charge is -2.08. The third kappa shape index (κ3) is 3.90. The van der Waals surface area contributed by atoms with Crippen molar-refractivity contribution >= 4 is 27.7 Å². The van der Waals surface area contributed by atoms with E-state index in [0.29, 0.717) is 0 Å². The van der Waals surface area contributed by atoms with Gasteiger partial charge in [-0.15, -0.1) is 11.8 Å². The maximum absolute atomic E-state index is 5.80. The summed E-state index contributed by atoms with van der Waals surface area (Å²) >= 11 is 5.37. The van der Waals surface area contributed by atoms with Crippen LogP contribution in [-0.4, -0.2) is 6.04 Å². The molecule has 18 heavy (non-hydrogen) atoms. The zero-order valence-corrected chi connectivity index (χ0v) is 12.6. The SMILES string of the molecule is CC(N)Cc1ccc(SCc2ccco2)c(Br)c1. The topological polar surface area (TPSA) is 39.2 Å². The van der Waals surface area contributed by atoms with Crippen LogP contribution in [0, 0.1) is 0 Å². The van der Waals surface area contributed by atoms with Gasteiger partial charge in [0.2, 0.25) is 0 Å². The van der Waals surface area contributed by atoms with Crippen molar-refractivity contribution in [2.24, 2.45) is 5.73 Å². The molecule has 4 heteroatoms. The lowest BCUT2D eigenvalue weighted by atomic mass is 10.1. The van der Waals surface area contributed by atoms with Crippen LogP contribution in [-0.2, 0) is 12.2 Å². The number of hydrogen-bond acceptors (Lipinski definition) is 3. The molecule has 2 aromatic rings. The molecule has 2 nitrogen and oxygen atoms in total. The van der Waals surface area contributed by atoms with Gasteiger partial charge in [0.05, 0.1) is 12.0 Å². The normalized spacial score (nSPS) is 12.6. The first-order valence-electron chi connectivity index (χ1n) is 5.84. The summed E-state index contributed by atoms with van der Waals surface area (Å²) < 4.78 is 6.44. The van der Waals surface area contributed by atoms with Gasteiger partial charge in [0.1, 0.15) is 5.76 Å². The average Bonchev–Trinajstić information content (AvgIpc) is 2.80. The second kappa shape index (κ2) is 6.45. The van der Waals surface area contributed by atoms with Crippen molar-refractivity contribution in [3.8, 4) is 0 Å². The van der Waals surface area contributed by atoms with Gasteiger partial charge in [0.25, 0.3) is 0 Å². The smallest absolute Gasteiger partial charge is 0.113 e. The van der Waals surface area contributed by atoms with Crippen LogP contribution in [0.2, 0.25) is 0 Å². The van der Waals surface area contributed by atoms with Crippen molar-refractivity contribution in [3.05, 3.63) is 52.4 Å². The minimum Gasteiger partial charge on any atom is -0.468 e. The molecule has 1 aromatic heterocycles. The van der Waals surface area contributed by atoms with Gasteiger partial charge in [-0.25, -0.2) is 0 Å². The Hall–Kier alpha value is -0.710. The van der Waals surface area contributed by atoms with Gasteiger partial charge in [-0.1, -0.05) is 6.07 Å². The van der Waals surface area contributed by atoms with Gasteiger partial charge in [-0.2, -0.15) is 0 Å². The third-order valence-electron chi connectivity index (χ3n) is 2.50. The molecule has 0 bridgehead atoms. The Kier molecular flexibility index (Phi) is 4.92. The molecule has 2 rings (SSSR count). The molecular weight excluding hydrogens is 310 g/mol.